The largest absolute Gasteiger partial charge is 0.395 e. The minimum Gasteiger partial charge on any atom is -0.395 e. The Morgan fingerprint density at radius 1 is 1.50 bits per heavy atom. The Hall–Kier alpha value is -0.470. The number of nitrogens with zero attached hydrogens (tertiary/aromatic N) is 1. The maximum absolute atomic E-state index is 8.69. The molecule has 1 N–H and O–H groups in total. The molecule has 4 heteroatoms. The second-order valence-corrected chi connectivity index (χ2v) is 6.75. The third kappa shape index (κ3) is 4.03. The molecule has 0 aromatic carbocycles. The van der Waals surface area contributed by atoms with E-state index in [1.165, 1.54) is 22.9 Å². The van der Waals surface area contributed by atoms with Gasteiger partial charge in [0, 0.05) is 41.9 Å². The standard InChI is InChI=1S/C14H19NOS2/c1-12-11-17-9-7-15(12)10-14-6-5-13(18-14)4-2-3-8-16/h5-6,12,16H,3,7-11H2,1H3. The van der Waals surface area contributed by atoms with E-state index in [-0.39, 0.29) is 6.61 Å². The van der Waals surface area contributed by atoms with E-state index in [0.717, 1.165) is 11.4 Å². The molecule has 98 valence electrons. The van der Waals surface area contributed by atoms with Crippen molar-refractivity contribution >= 4 is 23.1 Å². The highest BCUT2D eigenvalue weighted by Gasteiger charge is 2.18. The summed E-state index contributed by atoms with van der Waals surface area (Å²) in [5, 5.41) is 8.69. The first-order chi connectivity index (χ1) is 8.79. The predicted molar refractivity (Wildman–Crippen MR) is 80.1 cm³/mol. The van der Waals surface area contributed by atoms with Gasteiger partial charge in [0.15, 0.2) is 0 Å². The van der Waals surface area contributed by atoms with Gasteiger partial charge in [0.25, 0.3) is 0 Å². The smallest absolute Gasteiger partial charge is 0.0771 e. The van der Waals surface area contributed by atoms with Crippen molar-refractivity contribution in [3.63, 3.8) is 0 Å². The Kier molecular flexibility index (Phi) is 5.58. The summed E-state index contributed by atoms with van der Waals surface area (Å²) < 4.78 is 0. The Balaban J connectivity index is 1.92. The second kappa shape index (κ2) is 7.20. The van der Waals surface area contributed by atoms with Gasteiger partial charge in [-0.3, -0.25) is 4.90 Å². The summed E-state index contributed by atoms with van der Waals surface area (Å²) in [6.07, 6.45) is 0.563. The summed E-state index contributed by atoms with van der Waals surface area (Å²) in [5.74, 6) is 8.56. The van der Waals surface area contributed by atoms with Crippen LogP contribution in [0.3, 0.4) is 0 Å². The van der Waals surface area contributed by atoms with E-state index >= 15 is 0 Å². The van der Waals surface area contributed by atoms with Crippen molar-refractivity contribution in [2.75, 3.05) is 24.7 Å². The van der Waals surface area contributed by atoms with Crippen molar-refractivity contribution in [3.05, 3.63) is 21.9 Å². The second-order valence-electron chi connectivity index (χ2n) is 4.44. The Morgan fingerprint density at radius 3 is 3.17 bits per heavy atom. The van der Waals surface area contributed by atoms with Crippen LogP contribution in [-0.2, 0) is 6.54 Å². The SMILES string of the molecule is CC1CSCCN1Cc1ccc(C#CCCO)s1. The molecule has 1 aliphatic heterocycles. The molecule has 1 aromatic rings. The van der Waals surface area contributed by atoms with Crippen molar-refractivity contribution in [1.29, 1.82) is 0 Å². The van der Waals surface area contributed by atoms with Crippen LogP contribution in [-0.4, -0.2) is 40.7 Å². The predicted octanol–water partition coefficient (Wildman–Crippen LogP) is 2.42. The van der Waals surface area contributed by atoms with Gasteiger partial charge in [0.2, 0.25) is 0 Å². The van der Waals surface area contributed by atoms with Crippen LogP contribution in [0.4, 0.5) is 0 Å². The van der Waals surface area contributed by atoms with Gasteiger partial charge in [-0.25, -0.2) is 0 Å². The highest BCUT2D eigenvalue weighted by molar-refractivity contribution is 7.99. The number of hydrogen-bond donors (Lipinski definition) is 1. The number of thioether (sulfide) groups is 1. The lowest BCUT2D eigenvalue weighted by atomic mass is 10.3. The molecular formula is C14H19NOS2. The molecule has 0 amide bonds. The van der Waals surface area contributed by atoms with E-state index in [9.17, 15) is 0 Å². The van der Waals surface area contributed by atoms with Gasteiger partial charge in [-0.1, -0.05) is 11.8 Å². The lowest BCUT2D eigenvalue weighted by Gasteiger charge is -2.32. The zero-order valence-corrected chi connectivity index (χ0v) is 12.3. The maximum Gasteiger partial charge on any atom is 0.0771 e. The van der Waals surface area contributed by atoms with E-state index in [2.05, 4.69) is 47.6 Å². The molecule has 0 aliphatic carbocycles. The van der Waals surface area contributed by atoms with Crippen molar-refractivity contribution in [2.24, 2.45) is 0 Å². The minimum absolute atomic E-state index is 0.147. The molecule has 2 rings (SSSR count). The molecule has 0 saturated carbocycles. The van der Waals surface area contributed by atoms with Gasteiger partial charge in [-0.05, 0) is 19.1 Å². The summed E-state index contributed by atoms with van der Waals surface area (Å²) in [6.45, 7) is 4.69. The molecule has 1 aromatic heterocycles. The molecule has 1 unspecified atom stereocenters. The zero-order valence-electron chi connectivity index (χ0n) is 10.7. The van der Waals surface area contributed by atoms with Gasteiger partial charge in [0.1, 0.15) is 0 Å². The van der Waals surface area contributed by atoms with E-state index < -0.39 is 0 Å². The van der Waals surface area contributed by atoms with Crippen LogP contribution in [0.5, 0.6) is 0 Å². The quantitative estimate of drug-likeness (QED) is 0.861. The Bertz CT molecular complexity index is 432. The molecular weight excluding hydrogens is 262 g/mol. The number of hydrogen-bond acceptors (Lipinski definition) is 4. The normalized spacial score (nSPS) is 20.4. The van der Waals surface area contributed by atoms with Crippen LogP contribution in [0.25, 0.3) is 0 Å². The Morgan fingerprint density at radius 2 is 2.39 bits per heavy atom. The lowest BCUT2D eigenvalue weighted by molar-refractivity contribution is 0.226. The van der Waals surface area contributed by atoms with Gasteiger partial charge in [0.05, 0.1) is 11.5 Å². The third-order valence-corrected chi connectivity index (χ3v) is 5.15. The molecule has 0 bridgehead atoms. The molecule has 1 aliphatic rings. The number of aliphatic hydroxyl groups excluding tert-OH is 1. The van der Waals surface area contributed by atoms with Crippen molar-refractivity contribution < 1.29 is 5.11 Å². The molecule has 2 nitrogen and oxygen atoms in total. The van der Waals surface area contributed by atoms with Crippen molar-refractivity contribution in [3.8, 4) is 11.8 Å². The highest BCUT2D eigenvalue weighted by atomic mass is 32.2. The summed E-state index contributed by atoms with van der Waals surface area (Å²) in [6, 6.07) is 4.95. The molecule has 0 radical (unpaired) electrons. The summed E-state index contributed by atoms with van der Waals surface area (Å²) >= 11 is 3.83. The summed E-state index contributed by atoms with van der Waals surface area (Å²) in [4.78, 5) is 5.05. The van der Waals surface area contributed by atoms with Crippen molar-refractivity contribution in [2.45, 2.75) is 25.9 Å². The molecule has 1 atom stereocenters. The molecule has 0 spiro atoms. The third-order valence-electron chi connectivity index (χ3n) is 2.97. The van der Waals surface area contributed by atoms with Crippen LogP contribution in [0, 0.1) is 11.8 Å². The molecule has 1 saturated heterocycles. The summed E-state index contributed by atoms with van der Waals surface area (Å²) in [5.41, 5.74) is 0. The van der Waals surface area contributed by atoms with Gasteiger partial charge >= 0.3 is 0 Å². The van der Waals surface area contributed by atoms with Crippen LogP contribution in [0.2, 0.25) is 0 Å². The summed E-state index contributed by atoms with van der Waals surface area (Å²) in [7, 11) is 0. The lowest BCUT2D eigenvalue weighted by Crippen LogP contribution is -2.39. The number of rotatable bonds is 3. The van der Waals surface area contributed by atoms with Crippen molar-refractivity contribution in [1.82, 2.24) is 4.90 Å². The number of aliphatic hydroxyl groups is 1. The van der Waals surface area contributed by atoms with Crippen LogP contribution < -0.4 is 0 Å². The van der Waals surface area contributed by atoms with Gasteiger partial charge in [-0.2, -0.15) is 11.8 Å². The molecule has 18 heavy (non-hydrogen) atoms. The average molecular weight is 281 g/mol. The first kappa shape index (κ1) is 14.0. The Labute approximate surface area is 117 Å². The zero-order chi connectivity index (χ0) is 12.8. The van der Waals surface area contributed by atoms with Crippen LogP contribution in [0.15, 0.2) is 12.1 Å². The topological polar surface area (TPSA) is 23.5 Å². The van der Waals surface area contributed by atoms with E-state index in [1.54, 1.807) is 11.3 Å². The van der Waals surface area contributed by atoms with Gasteiger partial charge < -0.3 is 5.11 Å². The fraction of sp³-hybridized carbons (Fsp3) is 0.571. The van der Waals surface area contributed by atoms with Gasteiger partial charge in [-0.15, -0.1) is 11.3 Å². The molecule has 2 heterocycles. The fourth-order valence-corrected chi connectivity index (χ4v) is 3.92. The monoisotopic (exact) mass is 281 g/mol. The van der Waals surface area contributed by atoms with E-state index in [4.69, 9.17) is 5.11 Å². The average Bonchev–Trinajstić information content (AvgIpc) is 2.80. The highest BCUT2D eigenvalue weighted by Crippen LogP contribution is 2.22. The van der Waals surface area contributed by atoms with Crippen LogP contribution >= 0.6 is 23.1 Å². The molecule has 1 fully saturated rings. The number of thiophene rings is 1. The first-order valence-electron chi connectivity index (χ1n) is 6.30. The first-order valence-corrected chi connectivity index (χ1v) is 8.27. The van der Waals surface area contributed by atoms with E-state index in [1.807, 2.05) is 0 Å². The maximum atomic E-state index is 8.69. The van der Waals surface area contributed by atoms with Crippen LogP contribution in [0.1, 0.15) is 23.1 Å². The minimum atomic E-state index is 0.147. The van der Waals surface area contributed by atoms with E-state index in [0.29, 0.717) is 12.5 Å². The fourth-order valence-electron chi connectivity index (χ4n) is 1.93.